The number of thiophene rings is 1. The molecule has 1 spiro atoms. The van der Waals surface area contributed by atoms with E-state index in [0.717, 1.165) is 96.7 Å². The molecule has 7 heterocycles. The monoisotopic (exact) mass is 629 g/mol. The van der Waals surface area contributed by atoms with E-state index in [1.165, 1.54) is 11.3 Å². The Morgan fingerprint density at radius 3 is 2.87 bits per heavy atom. The van der Waals surface area contributed by atoms with E-state index in [9.17, 15) is 10.4 Å². The molecule has 13 heteroatoms. The second kappa shape index (κ2) is 10.5. The zero-order chi connectivity index (χ0) is 31.1. The molecule has 45 heavy (non-hydrogen) atoms. The molecule has 1 aliphatic carbocycles. The molecular formula is C32H39N9O3S. The lowest BCUT2D eigenvalue weighted by molar-refractivity contribution is 0.0448. The number of likely N-dealkylation sites (tertiary alicyclic amines) is 1. The topological polar surface area (TPSA) is 155 Å². The van der Waals surface area contributed by atoms with Crippen LogP contribution in [0.3, 0.4) is 0 Å². The Morgan fingerprint density at radius 2 is 2.09 bits per heavy atom. The third kappa shape index (κ3) is 4.40. The summed E-state index contributed by atoms with van der Waals surface area (Å²) in [5, 5.41) is 32.0. The fourth-order valence-corrected chi connectivity index (χ4v) is 9.55. The molecule has 3 aliphatic heterocycles. The van der Waals surface area contributed by atoms with Gasteiger partial charge in [0, 0.05) is 29.6 Å². The summed E-state index contributed by atoms with van der Waals surface area (Å²) >= 11 is 1.50. The summed E-state index contributed by atoms with van der Waals surface area (Å²) in [6.45, 7) is 7.12. The van der Waals surface area contributed by atoms with Gasteiger partial charge in [0.05, 0.1) is 53.0 Å². The van der Waals surface area contributed by atoms with Gasteiger partial charge in [0.15, 0.2) is 22.9 Å². The van der Waals surface area contributed by atoms with E-state index in [4.69, 9.17) is 30.1 Å². The number of nitrogens with two attached hydrogens (primary N) is 1. The lowest BCUT2D eigenvalue weighted by atomic mass is 9.68. The van der Waals surface area contributed by atoms with Gasteiger partial charge in [-0.3, -0.25) is 0 Å². The van der Waals surface area contributed by atoms with E-state index < -0.39 is 11.0 Å². The number of rotatable bonds is 4. The van der Waals surface area contributed by atoms with Crippen LogP contribution in [-0.2, 0) is 23.2 Å². The molecule has 236 valence electrons. The third-order valence-electron chi connectivity index (χ3n) is 10.6. The van der Waals surface area contributed by atoms with Crippen molar-refractivity contribution in [2.75, 3.05) is 43.9 Å². The molecule has 4 aromatic rings. The first-order valence-corrected chi connectivity index (χ1v) is 16.8. The van der Waals surface area contributed by atoms with Crippen molar-refractivity contribution in [1.82, 2.24) is 29.8 Å². The molecule has 0 saturated carbocycles. The van der Waals surface area contributed by atoms with Crippen molar-refractivity contribution in [3.05, 3.63) is 33.5 Å². The number of hydrogen-bond acceptors (Lipinski definition) is 12. The first-order valence-electron chi connectivity index (χ1n) is 16.0. The number of hydrogen-bond donors (Lipinski definition) is 2. The molecule has 12 nitrogen and oxygen atoms in total. The molecule has 4 aliphatic rings. The number of anilines is 2. The second-order valence-electron chi connectivity index (χ2n) is 13.7. The predicted octanol–water partition coefficient (Wildman–Crippen LogP) is 4.16. The van der Waals surface area contributed by atoms with E-state index >= 15 is 0 Å². The number of aryl methyl sites for hydroxylation is 1. The lowest BCUT2D eigenvalue weighted by Crippen LogP contribution is -2.46. The fraction of sp³-hybridized carbons (Fsp3) is 0.594. The van der Waals surface area contributed by atoms with Crippen LogP contribution in [0.4, 0.5) is 10.8 Å². The van der Waals surface area contributed by atoms with Crippen molar-refractivity contribution in [3.8, 4) is 17.6 Å². The number of aromatic nitrogens is 5. The van der Waals surface area contributed by atoms with Gasteiger partial charge in [-0.05, 0) is 72.4 Å². The molecule has 1 unspecified atom stereocenters. The molecule has 3 N–H and O–H groups in total. The van der Waals surface area contributed by atoms with Crippen LogP contribution >= 0.6 is 11.3 Å². The smallest absolute Gasteiger partial charge is 0.186 e. The number of aliphatic hydroxyl groups is 1. The van der Waals surface area contributed by atoms with E-state index in [1.807, 2.05) is 17.8 Å². The highest BCUT2D eigenvalue weighted by Gasteiger charge is 2.50. The first-order chi connectivity index (χ1) is 21.7. The summed E-state index contributed by atoms with van der Waals surface area (Å²) in [5.74, 6) is 1.91. The summed E-state index contributed by atoms with van der Waals surface area (Å²) in [6.07, 6.45) is 8.33. The van der Waals surface area contributed by atoms with Gasteiger partial charge >= 0.3 is 0 Å². The number of fused-ring (bicyclic) bond motifs is 5. The third-order valence-corrected chi connectivity index (χ3v) is 11.6. The average molecular weight is 630 g/mol. The number of piperidine rings is 1. The zero-order valence-corrected chi connectivity index (χ0v) is 26.9. The number of β-amino-alcohol motifs (C(OH)–C–C–N with tert-alkyl or cyclic N) is 1. The quantitative estimate of drug-likeness (QED) is 0.334. The average Bonchev–Trinajstić information content (AvgIpc) is 3.81. The molecule has 2 fully saturated rings. The van der Waals surface area contributed by atoms with Crippen molar-refractivity contribution in [3.63, 3.8) is 0 Å². The number of nitriles is 1. The molecule has 0 amide bonds. The highest BCUT2D eigenvalue weighted by molar-refractivity contribution is 7.16. The second-order valence-corrected chi connectivity index (χ2v) is 14.8. The Morgan fingerprint density at radius 1 is 1.22 bits per heavy atom. The lowest BCUT2D eigenvalue weighted by Gasteiger charge is -2.38. The number of likely N-dealkylation sites (N-methyl/N-ethyl adjacent to an activating group) is 1. The minimum Gasteiger partial charge on any atom is -0.389 e. The highest BCUT2D eigenvalue weighted by Crippen LogP contribution is 2.52. The molecule has 4 aromatic heterocycles. The van der Waals surface area contributed by atoms with E-state index in [0.29, 0.717) is 47.9 Å². The molecule has 0 bridgehead atoms. The summed E-state index contributed by atoms with van der Waals surface area (Å²) in [7, 11) is 2.18. The van der Waals surface area contributed by atoms with Gasteiger partial charge in [-0.2, -0.15) is 10.4 Å². The predicted molar refractivity (Wildman–Crippen MR) is 170 cm³/mol. The largest absolute Gasteiger partial charge is 0.389 e. The molecule has 0 aromatic carbocycles. The summed E-state index contributed by atoms with van der Waals surface area (Å²) < 4.78 is 14.6. The number of ether oxygens (including phenoxy) is 1. The zero-order valence-electron chi connectivity index (χ0n) is 26.0. The Kier molecular flexibility index (Phi) is 6.73. The summed E-state index contributed by atoms with van der Waals surface area (Å²) in [5.41, 5.74) is 8.44. The maximum absolute atomic E-state index is 11.0. The van der Waals surface area contributed by atoms with Crippen molar-refractivity contribution >= 4 is 33.2 Å². The van der Waals surface area contributed by atoms with Gasteiger partial charge in [-0.1, -0.05) is 5.16 Å². The van der Waals surface area contributed by atoms with Gasteiger partial charge in [-0.15, -0.1) is 11.3 Å². The molecule has 4 atom stereocenters. The minimum atomic E-state index is -0.821. The minimum absolute atomic E-state index is 0.0991. The fourth-order valence-electron chi connectivity index (χ4n) is 8.39. The molecule has 8 rings (SSSR count). The van der Waals surface area contributed by atoms with Gasteiger partial charge in [-0.25, -0.2) is 14.6 Å². The SMILES string of the molecule is C[C@@H]([C@@H]1CCCN1C)n1ncc2c(N3CCC[C@@](C)(O)C3)nc(-c3noc4c3COCC43CCCc4sc(N)c(C#N)c43)nc21. The molecular weight excluding hydrogens is 590 g/mol. The van der Waals surface area contributed by atoms with Crippen LogP contribution in [0.15, 0.2) is 10.7 Å². The van der Waals surface area contributed by atoms with Crippen molar-refractivity contribution in [2.45, 2.75) is 88.5 Å². The van der Waals surface area contributed by atoms with Gasteiger partial charge in [0.2, 0.25) is 0 Å². The van der Waals surface area contributed by atoms with Crippen molar-refractivity contribution in [1.29, 1.82) is 5.26 Å². The Hall–Kier alpha value is -3.57. The van der Waals surface area contributed by atoms with Gasteiger partial charge in [0.1, 0.15) is 16.9 Å². The van der Waals surface area contributed by atoms with Crippen molar-refractivity contribution in [2.24, 2.45) is 0 Å². The number of nitrogen functional groups attached to an aromatic ring is 1. The van der Waals surface area contributed by atoms with Crippen molar-refractivity contribution < 1.29 is 14.4 Å². The first kappa shape index (κ1) is 28.9. The van der Waals surface area contributed by atoms with E-state index in [2.05, 4.69) is 35.0 Å². The van der Waals surface area contributed by atoms with Crippen LogP contribution in [0.25, 0.3) is 22.6 Å². The normalized spacial score (nSPS) is 27.5. The Labute approximate surface area is 265 Å². The van der Waals surface area contributed by atoms with Crippen LogP contribution in [0, 0.1) is 11.3 Å². The summed E-state index contributed by atoms with van der Waals surface area (Å²) in [6, 6.07) is 2.81. The van der Waals surface area contributed by atoms with Crippen LogP contribution in [0.1, 0.15) is 85.7 Å². The van der Waals surface area contributed by atoms with Crippen LogP contribution in [-0.4, -0.2) is 79.8 Å². The maximum Gasteiger partial charge on any atom is 0.186 e. The summed E-state index contributed by atoms with van der Waals surface area (Å²) in [4.78, 5) is 16.0. The van der Waals surface area contributed by atoms with E-state index in [-0.39, 0.29) is 6.04 Å². The van der Waals surface area contributed by atoms with Crippen LogP contribution in [0.2, 0.25) is 0 Å². The number of nitrogens with zero attached hydrogens (tertiary/aromatic N) is 8. The maximum atomic E-state index is 11.0. The van der Waals surface area contributed by atoms with Gasteiger partial charge in [0.25, 0.3) is 0 Å². The standard InChI is InChI=1S/C32H39N9O3S/c1-18(22-7-5-11-39(22)3)41-30-20(14-35-41)29(40-12-6-9-31(2,42)16-40)36-28(37-30)25-21-15-43-17-32(26(21)44-38-25)10-4-8-23-24(32)19(13-33)27(34)45-23/h14,18,22,42H,4-12,15-17,34H2,1-3H3/t18-,22-,31+,32?/m0/s1. The van der Waals surface area contributed by atoms with Gasteiger partial charge < -0.3 is 29.9 Å². The highest BCUT2D eigenvalue weighted by atomic mass is 32.1. The van der Waals surface area contributed by atoms with E-state index in [1.54, 1.807) is 0 Å². The Bertz CT molecular complexity index is 1830. The Balaban J connectivity index is 1.30. The molecule has 2 saturated heterocycles. The molecule has 0 radical (unpaired) electrons. The van der Waals surface area contributed by atoms with Crippen LogP contribution in [0.5, 0.6) is 0 Å². The van der Waals surface area contributed by atoms with Crippen LogP contribution < -0.4 is 10.6 Å².